The monoisotopic (exact) mass is 361 g/mol. The molecule has 0 atom stereocenters. The molecular formula is C12H9F6NO5. The van der Waals surface area contributed by atoms with Crippen molar-refractivity contribution in [1.29, 1.82) is 0 Å². The van der Waals surface area contributed by atoms with Crippen LogP contribution in [-0.4, -0.2) is 33.2 Å². The van der Waals surface area contributed by atoms with Crippen molar-refractivity contribution in [2.45, 2.75) is 32.3 Å². The third-order valence-corrected chi connectivity index (χ3v) is 2.47. The summed E-state index contributed by atoms with van der Waals surface area (Å²) in [6.07, 6.45) is -12.3. The normalized spacial score (nSPS) is 12.4. The molecule has 0 radical (unpaired) electrons. The van der Waals surface area contributed by atoms with Gasteiger partial charge in [-0.3, -0.25) is 0 Å². The molecule has 0 spiro atoms. The topological polar surface area (TPSA) is 96.7 Å². The van der Waals surface area contributed by atoms with Crippen molar-refractivity contribution in [3.05, 3.63) is 22.5 Å². The van der Waals surface area contributed by atoms with Crippen LogP contribution in [0.1, 0.15) is 46.0 Å². The summed E-state index contributed by atoms with van der Waals surface area (Å²) in [5.74, 6) is -6.22. The van der Waals surface area contributed by atoms with E-state index in [0.717, 1.165) is 13.8 Å². The second-order valence-electron chi connectivity index (χ2n) is 4.66. The highest BCUT2D eigenvalue weighted by molar-refractivity contribution is 6.00. The van der Waals surface area contributed by atoms with Crippen molar-refractivity contribution in [2.75, 3.05) is 0 Å². The standard InChI is InChI=1S/C12H9F6NO5/c1-3(2)24-6-4(9(20)21)7(11(13,14)15)19-8(12(16,17)18)5(6)10(22)23/h3H,1-2H3,(H,20,21)(H,22,23). The van der Waals surface area contributed by atoms with Crippen molar-refractivity contribution in [3.8, 4) is 5.75 Å². The number of ether oxygens (including phenoxy) is 1. The van der Waals surface area contributed by atoms with E-state index in [-0.39, 0.29) is 0 Å². The summed E-state index contributed by atoms with van der Waals surface area (Å²) in [6.45, 7) is 2.33. The molecule has 0 saturated carbocycles. The maximum Gasteiger partial charge on any atom is 0.434 e. The molecule has 24 heavy (non-hydrogen) atoms. The number of aromatic carboxylic acids is 2. The molecule has 1 aromatic heterocycles. The van der Waals surface area contributed by atoms with E-state index >= 15 is 0 Å². The van der Waals surface area contributed by atoms with E-state index < -0.39 is 58.7 Å². The van der Waals surface area contributed by atoms with Crippen molar-refractivity contribution >= 4 is 11.9 Å². The molecule has 6 nitrogen and oxygen atoms in total. The van der Waals surface area contributed by atoms with Gasteiger partial charge in [0.2, 0.25) is 0 Å². The molecule has 1 rings (SSSR count). The van der Waals surface area contributed by atoms with E-state index in [1.165, 1.54) is 0 Å². The van der Waals surface area contributed by atoms with Crippen molar-refractivity contribution < 1.29 is 50.9 Å². The summed E-state index contributed by atoms with van der Waals surface area (Å²) in [7, 11) is 0. The van der Waals surface area contributed by atoms with Crippen LogP contribution >= 0.6 is 0 Å². The van der Waals surface area contributed by atoms with Crippen LogP contribution in [0.5, 0.6) is 5.75 Å². The Balaban J connectivity index is 4.10. The number of carboxylic acid groups (broad SMARTS) is 2. The van der Waals surface area contributed by atoms with E-state index in [2.05, 4.69) is 9.72 Å². The maximum absolute atomic E-state index is 12.9. The lowest BCUT2D eigenvalue weighted by Crippen LogP contribution is -2.26. The number of aromatic nitrogens is 1. The van der Waals surface area contributed by atoms with Crippen molar-refractivity contribution in [2.24, 2.45) is 0 Å². The minimum Gasteiger partial charge on any atom is -0.489 e. The zero-order valence-corrected chi connectivity index (χ0v) is 11.9. The smallest absolute Gasteiger partial charge is 0.434 e. The van der Waals surface area contributed by atoms with Crippen LogP contribution in [-0.2, 0) is 12.4 Å². The number of rotatable bonds is 4. The lowest BCUT2D eigenvalue weighted by atomic mass is 10.0. The second-order valence-corrected chi connectivity index (χ2v) is 4.66. The molecule has 0 saturated heterocycles. The zero-order valence-electron chi connectivity index (χ0n) is 11.9. The van der Waals surface area contributed by atoms with Crippen LogP contribution in [0.4, 0.5) is 26.3 Å². The highest BCUT2D eigenvalue weighted by atomic mass is 19.4. The Morgan fingerprint density at radius 1 is 0.917 bits per heavy atom. The van der Waals surface area contributed by atoms with Gasteiger partial charge < -0.3 is 14.9 Å². The zero-order chi connectivity index (χ0) is 19.0. The lowest BCUT2D eigenvalue weighted by Gasteiger charge is -2.21. The van der Waals surface area contributed by atoms with Crippen LogP contribution in [0.2, 0.25) is 0 Å². The number of halogens is 6. The molecule has 0 bridgehead atoms. The van der Waals surface area contributed by atoms with Gasteiger partial charge in [0.05, 0.1) is 6.10 Å². The number of carbonyl (C=O) groups is 2. The van der Waals surface area contributed by atoms with Gasteiger partial charge in [-0.15, -0.1) is 0 Å². The van der Waals surface area contributed by atoms with E-state index in [1.807, 2.05) is 0 Å². The number of hydrogen-bond acceptors (Lipinski definition) is 4. The Labute approximate surface area is 129 Å². The first-order valence-electron chi connectivity index (χ1n) is 6.03. The van der Waals surface area contributed by atoms with Gasteiger partial charge in [-0.1, -0.05) is 0 Å². The quantitative estimate of drug-likeness (QED) is 0.799. The Hall–Kier alpha value is -2.53. The summed E-state index contributed by atoms with van der Waals surface area (Å²) >= 11 is 0. The number of alkyl halides is 6. The molecule has 0 unspecified atom stereocenters. The molecule has 0 aromatic carbocycles. The van der Waals surface area contributed by atoms with Gasteiger partial charge in [0.25, 0.3) is 0 Å². The Bertz CT molecular complexity index is 630. The van der Waals surface area contributed by atoms with Gasteiger partial charge >= 0.3 is 24.3 Å². The van der Waals surface area contributed by atoms with Gasteiger partial charge in [-0.25, -0.2) is 14.6 Å². The van der Waals surface area contributed by atoms with Gasteiger partial charge in [-0.2, -0.15) is 26.3 Å². The highest BCUT2D eigenvalue weighted by Gasteiger charge is 2.47. The predicted octanol–water partition coefficient (Wildman–Crippen LogP) is 3.30. The summed E-state index contributed by atoms with van der Waals surface area (Å²) in [5.41, 5.74) is -8.41. The fourth-order valence-corrected chi connectivity index (χ4v) is 1.72. The third kappa shape index (κ3) is 3.86. The maximum atomic E-state index is 12.9. The fourth-order valence-electron chi connectivity index (χ4n) is 1.72. The van der Waals surface area contributed by atoms with E-state index in [1.54, 1.807) is 0 Å². The first-order valence-corrected chi connectivity index (χ1v) is 6.03. The molecule has 0 aliphatic heterocycles. The molecule has 1 aromatic rings. The molecule has 0 aliphatic rings. The first-order chi connectivity index (χ1) is 10.7. The lowest BCUT2D eigenvalue weighted by molar-refractivity contribution is -0.151. The Kier molecular flexibility index (Phi) is 5.02. The number of hydrogen-bond donors (Lipinski definition) is 2. The highest BCUT2D eigenvalue weighted by Crippen LogP contribution is 2.42. The molecular weight excluding hydrogens is 352 g/mol. The van der Waals surface area contributed by atoms with E-state index in [0.29, 0.717) is 0 Å². The fraction of sp³-hybridized carbons (Fsp3) is 0.417. The molecule has 1 heterocycles. The Morgan fingerprint density at radius 2 is 1.25 bits per heavy atom. The van der Waals surface area contributed by atoms with Crippen molar-refractivity contribution in [3.63, 3.8) is 0 Å². The first kappa shape index (κ1) is 19.5. The Morgan fingerprint density at radius 3 is 1.46 bits per heavy atom. The molecule has 134 valence electrons. The summed E-state index contributed by atoms with van der Waals surface area (Å²) in [5, 5.41) is 17.9. The van der Waals surface area contributed by atoms with Crippen LogP contribution < -0.4 is 4.74 Å². The second kappa shape index (κ2) is 6.17. The predicted molar refractivity (Wildman–Crippen MR) is 63.9 cm³/mol. The minimum absolute atomic E-state index is 1.11. The van der Waals surface area contributed by atoms with Crippen LogP contribution in [0.25, 0.3) is 0 Å². The average molecular weight is 361 g/mol. The van der Waals surface area contributed by atoms with E-state index in [4.69, 9.17) is 10.2 Å². The molecule has 2 N–H and O–H groups in total. The minimum atomic E-state index is -5.58. The van der Waals surface area contributed by atoms with Crippen LogP contribution in [0.15, 0.2) is 0 Å². The van der Waals surface area contributed by atoms with Crippen LogP contribution in [0.3, 0.4) is 0 Å². The van der Waals surface area contributed by atoms with Gasteiger partial charge in [0, 0.05) is 0 Å². The summed E-state index contributed by atoms with van der Waals surface area (Å²) in [6, 6.07) is 0. The summed E-state index contributed by atoms with van der Waals surface area (Å²) < 4.78 is 82.3. The van der Waals surface area contributed by atoms with E-state index in [9.17, 15) is 35.9 Å². The average Bonchev–Trinajstić information content (AvgIpc) is 2.33. The number of carboxylic acids is 2. The third-order valence-electron chi connectivity index (χ3n) is 2.47. The van der Waals surface area contributed by atoms with Crippen LogP contribution in [0, 0.1) is 0 Å². The molecule has 12 heteroatoms. The van der Waals surface area contributed by atoms with Gasteiger partial charge in [0.15, 0.2) is 17.1 Å². The number of nitrogens with zero attached hydrogens (tertiary/aromatic N) is 1. The van der Waals surface area contributed by atoms with Gasteiger partial charge in [0.1, 0.15) is 11.1 Å². The molecule has 0 aliphatic carbocycles. The largest absolute Gasteiger partial charge is 0.489 e. The molecule has 0 amide bonds. The molecule has 0 fully saturated rings. The summed E-state index contributed by atoms with van der Waals surface area (Å²) in [4.78, 5) is 24.5. The van der Waals surface area contributed by atoms with Crippen molar-refractivity contribution in [1.82, 2.24) is 4.98 Å². The SMILES string of the molecule is CC(C)Oc1c(C(=O)O)c(C(F)(F)F)nc(C(F)(F)F)c1C(=O)O. The number of pyridine rings is 1. The van der Waals surface area contributed by atoms with Gasteiger partial charge in [-0.05, 0) is 13.8 Å².